The Morgan fingerprint density at radius 3 is 2.29 bits per heavy atom. The molecule has 1 aliphatic rings. The highest BCUT2D eigenvalue weighted by atomic mass is 32.2. The van der Waals surface area contributed by atoms with Gasteiger partial charge in [0.15, 0.2) is 8.32 Å². The number of carbonyl (C=O) groups is 4. The van der Waals surface area contributed by atoms with Gasteiger partial charge in [-0.3, -0.25) is 19.8 Å². The van der Waals surface area contributed by atoms with Crippen molar-refractivity contribution in [1.82, 2.24) is 14.7 Å². The molecule has 5 amide bonds. The van der Waals surface area contributed by atoms with E-state index >= 15 is 0 Å². The minimum Gasteiger partial charge on any atom is -0.465 e. The Bertz CT molecular complexity index is 1130. The lowest BCUT2D eigenvalue weighted by Gasteiger charge is -2.38. The molecule has 0 bridgehead atoms. The normalized spacial score (nSPS) is 17.2. The van der Waals surface area contributed by atoms with Gasteiger partial charge in [-0.05, 0) is 42.2 Å². The van der Waals surface area contributed by atoms with Gasteiger partial charge in [0, 0.05) is 56.7 Å². The SMILES string of the molecule is CN(C(=O)O)C(=O)N(C)C(=O)CCSCC1CC(O[Si](C)(C)C(C)(C)C)CN1C(=O)OCc1ccc([N+](=O)[O-])cc1. The lowest BCUT2D eigenvalue weighted by Crippen LogP contribution is -2.45. The van der Waals surface area contributed by atoms with Crippen LogP contribution in [0.5, 0.6) is 0 Å². The number of non-ortho nitro benzene ring substituents is 1. The zero-order valence-electron chi connectivity index (χ0n) is 24.6. The fourth-order valence-corrected chi connectivity index (χ4v) is 6.27. The van der Waals surface area contributed by atoms with Gasteiger partial charge < -0.3 is 19.2 Å². The van der Waals surface area contributed by atoms with E-state index in [2.05, 4.69) is 33.9 Å². The van der Waals surface area contributed by atoms with Gasteiger partial charge in [0.2, 0.25) is 5.91 Å². The first kappa shape index (κ1) is 34.0. The minimum atomic E-state index is -2.11. The van der Waals surface area contributed by atoms with Crippen LogP contribution >= 0.6 is 11.8 Å². The minimum absolute atomic E-state index is 0.0143. The first-order valence-electron chi connectivity index (χ1n) is 13.1. The zero-order chi connectivity index (χ0) is 31.1. The summed E-state index contributed by atoms with van der Waals surface area (Å²) in [5.74, 6) is 0.355. The molecule has 1 aromatic carbocycles. The van der Waals surface area contributed by atoms with Crippen LogP contribution in [0.3, 0.4) is 0 Å². The van der Waals surface area contributed by atoms with Crippen LogP contribution in [0, 0.1) is 10.1 Å². The second-order valence-corrected chi connectivity index (χ2v) is 17.3. The fourth-order valence-electron chi connectivity index (χ4n) is 3.84. The molecule has 0 saturated carbocycles. The molecule has 0 radical (unpaired) electrons. The Kier molecular flexibility index (Phi) is 11.7. The van der Waals surface area contributed by atoms with Crippen molar-refractivity contribution in [3.05, 3.63) is 39.9 Å². The highest BCUT2D eigenvalue weighted by molar-refractivity contribution is 7.99. The summed E-state index contributed by atoms with van der Waals surface area (Å²) < 4.78 is 12.1. The largest absolute Gasteiger partial charge is 0.465 e. The summed E-state index contributed by atoms with van der Waals surface area (Å²) >= 11 is 1.44. The smallest absolute Gasteiger partial charge is 0.415 e. The Hall–Kier alpha value is -3.17. The third-order valence-electron chi connectivity index (χ3n) is 7.39. The van der Waals surface area contributed by atoms with Crippen molar-refractivity contribution >= 4 is 49.9 Å². The first-order valence-corrected chi connectivity index (χ1v) is 17.2. The van der Waals surface area contributed by atoms with Crippen molar-refractivity contribution in [2.75, 3.05) is 32.1 Å². The zero-order valence-corrected chi connectivity index (χ0v) is 26.4. The van der Waals surface area contributed by atoms with Crippen LogP contribution < -0.4 is 0 Å². The number of thioether (sulfide) groups is 1. The highest BCUT2D eigenvalue weighted by Gasteiger charge is 2.44. The van der Waals surface area contributed by atoms with E-state index in [9.17, 15) is 29.3 Å². The van der Waals surface area contributed by atoms with Crippen molar-refractivity contribution in [2.24, 2.45) is 0 Å². The molecule has 0 aliphatic carbocycles. The van der Waals surface area contributed by atoms with Gasteiger partial charge in [0.25, 0.3) is 5.69 Å². The van der Waals surface area contributed by atoms with Gasteiger partial charge in [-0.25, -0.2) is 19.3 Å². The molecule has 1 saturated heterocycles. The number of nitro benzene ring substituents is 1. The molecule has 1 heterocycles. The Labute approximate surface area is 245 Å². The number of hydrogen-bond donors (Lipinski definition) is 1. The summed E-state index contributed by atoms with van der Waals surface area (Å²) in [5, 5.41) is 19.8. The van der Waals surface area contributed by atoms with Crippen LogP contribution in [0.1, 0.15) is 39.2 Å². The summed E-state index contributed by atoms with van der Waals surface area (Å²) in [5.41, 5.74) is 0.569. The van der Waals surface area contributed by atoms with Gasteiger partial charge in [-0.2, -0.15) is 11.8 Å². The number of hydrogen-bond acceptors (Lipinski definition) is 9. The molecule has 228 valence electrons. The topological polar surface area (TPSA) is 160 Å². The number of carbonyl (C=O) groups excluding carboxylic acids is 3. The van der Waals surface area contributed by atoms with E-state index in [-0.39, 0.29) is 35.9 Å². The van der Waals surface area contributed by atoms with Crippen molar-refractivity contribution in [3.8, 4) is 0 Å². The van der Waals surface area contributed by atoms with E-state index in [1.165, 1.54) is 30.9 Å². The van der Waals surface area contributed by atoms with Crippen molar-refractivity contribution in [1.29, 1.82) is 0 Å². The maximum atomic E-state index is 13.1. The number of rotatable bonds is 10. The van der Waals surface area contributed by atoms with Crippen LogP contribution in [0.4, 0.5) is 20.1 Å². The number of carboxylic acid groups (broad SMARTS) is 1. The average molecular weight is 613 g/mol. The third kappa shape index (κ3) is 9.43. The standard InChI is InChI=1S/C26H40N4O9SSi/c1-26(2,3)41(6,7)39-21-14-20(17-40-13-12-22(31)27(4)23(32)28(5)24(33)34)29(15-21)25(35)38-16-18-8-10-19(11-9-18)30(36)37/h8-11,20-21H,12-17H2,1-7H3,(H,33,34). The van der Waals surface area contributed by atoms with Crippen LogP contribution in [0.25, 0.3) is 0 Å². The second-order valence-electron chi connectivity index (χ2n) is 11.4. The van der Waals surface area contributed by atoms with Crippen LogP contribution in [-0.4, -0.2) is 101 Å². The number of nitrogens with zero attached hydrogens (tertiary/aromatic N) is 4. The molecule has 41 heavy (non-hydrogen) atoms. The molecule has 15 heteroatoms. The van der Waals surface area contributed by atoms with Crippen molar-refractivity contribution < 1.29 is 38.4 Å². The van der Waals surface area contributed by atoms with E-state index in [1.54, 1.807) is 17.0 Å². The third-order valence-corrected chi connectivity index (χ3v) is 13.0. The summed E-state index contributed by atoms with van der Waals surface area (Å²) in [7, 11) is 0.192. The van der Waals surface area contributed by atoms with Gasteiger partial charge in [0.05, 0.1) is 11.0 Å². The van der Waals surface area contributed by atoms with Gasteiger partial charge >= 0.3 is 18.2 Å². The molecule has 1 N–H and O–H groups in total. The molecule has 0 spiro atoms. The van der Waals surface area contributed by atoms with E-state index in [0.29, 0.717) is 34.9 Å². The molecule has 1 aliphatic heterocycles. The van der Waals surface area contributed by atoms with Crippen LogP contribution in [-0.2, 0) is 20.6 Å². The van der Waals surface area contributed by atoms with E-state index in [1.807, 2.05) is 0 Å². The number of ether oxygens (including phenoxy) is 1. The van der Waals surface area contributed by atoms with Crippen LogP contribution in [0.15, 0.2) is 24.3 Å². The monoisotopic (exact) mass is 612 g/mol. The quantitative estimate of drug-likeness (QED) is 0.165. The predicted octanol–water partition coefficient (Wildman–Crippen LogP) is 5.01. The molecule has 1 fully saturated rings. The molecule has 1 aromatic rings. The van der Waals surface area contributed by atoms with Gasteiger partial charge in [0.1, 0.15) is 6.61 Å². The fraction of sp³-hybridized carbons (Fsp3) is 0.615. The molecule has 2 atom stereocenters. The molecular formula is C26H40N4O9SSi. The van der Waals surface area contributed by atoms with E-state index < -0.39 is 37.4 Å². The highest BCUT2D eigenvalue weighted by Crippen LogP contribution is 2.39. The number of imide groups is 2. The molecule has 2 rings (SSSR count). The lowest BCUT2D eigenvalue weighted by atomic mass is 10.2. The average Bonchev–Trinajstić information content (AvgIpc) is 3.29. The predicted molar refractivity (Wildman–Crippen MR) is 156 cm³/mol. The van der Waals surface area contributed by atoms with E-state index in [4.69, 9.17) is 14.3 Å². The maximum absolute atomic E-state index is 13.1. The first-order chi connectivity index (χ1) is 18.9. The van der Waals surface area contributed by atoms with Crippen LogP contribution in [0.2, 0.25) is 18.1 Å². The maximum Gasteiger partial charge on any atom is 0.415 e. The molecular weight excluding hydrogens is 572 g/mol. The number of amides is 5. The summed E-state index contributed by atoms with van der Waals surface area (Å²) in [6.07, 6.45) is -1.54. The lowest BCUT2D eigenvalue weighted by molar-refractivity contribution is -0.384. The Morgan fingerprint density at radius 1 is 1.15 bits per heavy atom. The van der Waals surface area contributed by atoms with Crippen molar-refractivity contribution in [2.45, 2.75) is 70.5 Å². The second kappa shape index (κ2) is 14.1. The summed E-state index contributed by atoms with van der Waals surface area (Å²) in [6, 6.07) is 4.64. The van der Waals surface area contributed by atoms with Gasteiger partial charge in [-0.1, -0.05) is 20.8 Å². The molecule has 13 nitrogen and oxygen atoms in total. The Morgan fingerprint density at radius 2 is 1.76 bits per heavy atom. The van der Waals surface area contributed by atoms with Gasteiger partial charge in [-0.15, -0.1) is 0 Å². The Balaban J connectivity index is 2.01. The number of likely N-dealkylation sites (tertiary alicyclic amines) is 1. The number of nitro groups is 1. The molecule has 2 unspecified atom stereocenters. The summed E-state index contributed by atoms with van der Waals surface area (Å²) in [4.78, 5) is 61.8. The number of benzene rings is 1. The molecule has 0 aromatic heterocycles. The summed E-state index contributed by atoms with van der Waals surface area (Å²) in [6.45, 7) is 11.0. The van der Waals surface area contributed by atoms with E-state index in [0.717, 1.165) is 11.9 Å². The van der Waals surface area contributed by atoms with Crippen molar-refractivity contribution in [3.63, 3.8) is 0 Å². The number of urea groups is 1.